The van der Waals surface area contributed by atoms with Crippen molar-refractivity contribution in [1.29, 1.82) is 5.26 Å². The van der Waals surface area contributed by atoms with Gasteiger partial charge in [0.15, 0.2) is 5.13 Å². The second-order valence-corrected chi connectivity index (χ2v) is 7.75. The molecule has 0 saturated heterocycles. The average Bonchev–Trinajstić information content (AvgIpc) is 3.17. The highest BCUT2D eigenvalue weighted by molar-refractivity contribution is 7.15. The number of rotatable bonds is 8. The Morgan fingerprint density at radius 3 is 2.90 bits per heavy atom. The maximum absolute atomic E-state index is 12.6. The predicted molar refractivity (Wildman–Crippen MR) is 121 cm³/mol. The number of nitrogens with one attached hydrogen (secondary N) is 1. The SMILES string of the molecule is C=CCOc1ccccc1/C=C(\C#N)C(=O)Nc1ncc(Cc2cccc(Cl)c2)s1. The first-order valence-corrected chi connectivity index (χ1v) is 10.2. The van der Waals surface area contributed by atoms with E-state index in [2.05, 4.69) is 16.9 Å². The number of halogens is 1. The average molecular weight is 436 g/mol. The maximum Gasteiger partial charge on any atom is 0.268 e. The summed E-state index contributed by atoms with van der Waals surface area (Å²) >= 11 is 7.37. The first-order valence-electron chi connectivity index (χ1n) is 9.04. The number of nitrogens with zero attached hydrogens (tertiary/aromatic N) is 2. The van der Waals surface area contributed by atoms with Crippen LogP contribution in [0.5, 0.6) is 5.75 Å². The first kappa shape index (κ1) is 21.3. The van der Waals surface area contributed by atoms with E-state index in [1.807, 2.05) is 42.5 Å². The second-order valence-electron chi connectivity index (χ2n) is 6.20. The summed E-state index contributed by atoms with van der Waals surface area (Å²) < 4.78 is 5.57. The predicted octanol–water partition coefficient (Wildman–Crippen LogP) is 5.50. The lowest BCUT2D eigenvalue weighted by atomic mass is 10.1. The molecule has 5 nitrogen and oxygen atoms in total. The lowest BCUT2D eigenvalue weighted by Crippen LogP contribution is -2.13. The lowest BCUT2D eigenvalue weighted by Gasteiger charge is -2.07. The molecule has 1 aromatic heterocycles. The first-order chi connectivity index (χ1) is 14.6. The molecule has 0 atom stereocenters. The summed E-state index contributed by atoms with van der Waals surface area (Å²) in [5, 5.41) is 13.2. The number of benzene rings is 2. The zero-order valence-electron chi connectivity index (χ0n) is 16.0. The van der Waals surface area contributed by atoms with Gasteiger partial charge in [0.2, 0.25) is 0 Å². The Balaban J connectivity index is 1.72. The highest BCUT2D eigenvalue weighted by Gasteiger charge is 2.13. The van der Waals surface area contributed by atoms with Crippen LogP contribution in [-0.2, 0) is 11.2 Å². The Hall–Kier alpha value is -3.40. The minimum Gasteiger partial charge on any atom is -0.489 e. The molecule has 0 radical (unpaired) electrons. The van der Waals surface area contributed by atoms with E-state index >= 15 is 0 Å². The Labute approximate surface area is 183 Å². The van der Waals surface area contributed by atoms with Crippen molar-refractivity contribution in [3.8, 4) is 11.8 Å². The van der Waals surface area contributed by atoms with E-state index in [-0.39, 0.29) is 5.57 Å². The number of hydrogen-bond donors (Lipinski definition) is 1. The van der Waals surface area contributed by atoms with E-state index in [1.165, 1.54) is 17.4 Å². The smallest absolute Gasteiger partial charge is 0.268 e. The Bertz CT molecular complexity index is 1130. The van der Waals surface area contributed by atoms with E-state index in [9.17, 15) is 10.1 Å². The Morgan fingerprint density at radius 2 is 2.13 bits per heavy atom. The number of amides is 1. The van der Waals surface area contributed by atoms with Gasteiger partial charge in [0.05, 0.1) is 0 Å². The Morgan fingerprint density at radius 1 is 1.30 bits per heavy atom. The molecule has 0 saturated carbocycles. The summed E-state index contributed by atoms with van der Waals surface area (Å²) in [4.78, 5) is 17.8. The fourth-order valence-corrected chi connectivity index (χ4v) is 3.70. The van der Waals surface area contributed by atoms with Gasteiger partial charge in [-0.2, -0.15) is 5.26 Å². The molecule has 3 aromatic rings. The summed E-state index contributed by atoms with van der Waals surface area (Å²) in [5.74, 6) is 0.0377. The number of anilines is 1. The molecule has 3 rings (SSSR count). The fourth-order valence-electron chi connectivity index (χ4n) is 2.64. The van der Waals surface area contributed by atoms with Gasteiger partial charge >= 0.3 is 0 Å². The molecule has 0 fully saturated rings. The summed E-state index contributed by atoms with van der Waals surface area (Å²) in [6.45, 7) is 3.95. The van der Waals surface area contributed by atoms with E-state index in [0.29, 0.717) is 34.5 Å². The Kier molecular flexibility index (Phi) is 7.39. The van der Waals surface area contributed by atoms with E-state index in [0.717, 1.165) is 10.4 Å². The maximum atomic E-state index is 12.6. The van der Waals surface area contributed by atoms with Crippen molar-refractivity contribution in [1.82, 2.24) is 4.98 Å². The molecule has 0 aliphatic carbocycles. The van der Waals surface area contributed by atoms with Crippen LogP contribution in [-0.4, -0.2) is 17.5 Å². The molecule has 150 valence electrons. The van der Waals surface area contributed by atoms with Crippen LogP contribution in [0.2, 0.25) is 5.02 Å². The van der Waals surface area contributed by atoms with Crippen molar-refractivity contribution in [3.05, 3.63) is 94.0 Å². The van der Waals surface area contributed by atoms with Crippen LogP contribution in [0.1, 0.15) is 16.0 Å². The molecule has 1 amide bonds. The van der Waals surface area contributed by atoms with Crippen molar-refractivity contribution >= 4 is 40.1 Å². The third-order valence-corrected chi connectivity index (χ3v) is 5.13. The van der Waals surface area contributed by atoms with Crippen molar-refractivity contribution in [2.24, 2.45) is 0 Å². The van der Waals surface area contributed by atoms with E-state index in [4.69, 9.17) is 16.3 Å². The van der Waals surface area contributed by atoms with E-state index < -0.39 is 5.91 Å². The molecule has 30 heavy (non-hydrogen) atoms. The zero-order chi connectivity index (χ0) is 21.3. The van der Waals surface area contributed by atoms with Crippen molar-refractivity contribution in [2.75, 3.05) is 11.9 Å². The van der Waals surface area contributed by atoms with Crippen molar-refractivity contribution < 1.29 is 9.53 Å². The van der Waals surface area contributed by atoms with Crippen LogP contribution in [0.15, 0.2) is 73.0 Å². The standard InChI is InChI=1S/C23H18ClN3O2S/c1-2-10-29-21-9-4-3-7-17(21)13-18(14-25)22(28)27-23-26-15-20(30-23)12-16-6-5-8-19(24)11-16/h2-9,11,13,15H,1,10,12H2,(H,26,27,28)/b18-13+. The van der Waals surface area contributed by atoms with Crippen molar-refractivity contribution in [2.45, 2.75) is 6.42 Å². The molecule has 0 bridgehead atoms. The van der Waals surface area contributed by atoms with Crippen LogP contribution in [0.4, 0.5) is 5.13 Å². The van der Waals surface area contributed by atoms with Crippen LogP contribution < -0.4 is 10.1 Å². The minimum absolute atomic E-state index is 0.0451. The van der Waals surface area contributed by atoms with Crippen LogP contribution in [0.25, 0.3) is 6.08 Å². The molecule has 2 aromatic carbocycles. The van der Waals surface area contributed by atoms with Gasteiger partial charge in [-0.15, -0.1) is 11.3 Å². The van der Waals surface area contributed by atoms with Gasteiger partial charge < -0.3 is 4.74 Å². The third kappa shape index (κ3) is 5.80. The van der Waals surface area contributed by atoms with Gasteiger partial charge in [-0.05, 0) is 29.8 Å². The second kappa shape index (κ2) is 10.4. The number of para-hydroxylation sites is 1. The lowest BCUT2D eigenvalue weighted by molar-refractivity contribution is -0.112. The topological polar surface area (TPSA) is 75.0 Å². The normalized spacial score (nSPS) is 10.9. The molecule has 7 heteroatoms. The number of thiazole rings is 1. The number of aromatic nitrogens is 1. The number of nitriles is 1. The summed E-state index contributed by atoms with van der Waals surface area (Å²) in [5.41, 5.74) is 1.64. The quantitative estimate of drug-likeness (QED) is 0.288. The molecule has 1 heterocycles. The molecular weight excluding hydrogens is 418 g/mol. The number of carbonyl (C=O) groups is 1. The molecule has 0 unspecified atom stereocenters. The van der Waals surface area contributed by atoms with Gasteiger partial charge in [-0.1, -0.05) is 54.6 Å². The summed E-state index contributed by atoms with van der Waals surface area (Å²) in [6, 6.07) is 16.7. The molecule has 1 N–H and O–H groups in total. The molecular formula is C23H18ClN3O2S. The van der Waals surface area contributed by atoms with Gasteiger partial charge in [-0.25, -0.2) is 4.98 Å². The number of carbonyl (C=O) groups excluding carboxylic acids is 1. The third-order valence-electron chi connectivity index (χ3n) is 3.98. The van der Waals surface area contributed by atoms with Crippen LogP contribution in [0, 0.1) is 11.3 Å². The number of ether oxygens (including phenoxy) is 1. The van der Waals surface area contributed by atoms with Crippen LogP contribution in [0.3, 0.4) is 0 Å². The van der Waals surface area contributed by atoms with Gasteiger partial charge in [0, 0.05) is 28.1 Å². The molecule has 0 aliphatic rings. The monoisotopic (exact) mass is 435 g/mol. The molecule has 0 aliphatic heterocycles. The largest absolute Gasteiger partial charge is 0.489 e. The van der Waals surface area contributed by atoms with Gasteiger partial charge in [-0.3, -0.25) is 10.1 Å². The highest BCUT2D eigenvalue weighted by atomic mass is 35.5. The summed E-state index contributed by atoms with van der Waals surface area (Å²) in [6.07, 6.45) is 5.48. The zero-order valence-corrected chi connectivity index (χ0v) is 17.5. The summed E-state index contributed by atoms with van der Waals surface area (Å²) in [7, 11) is 0. The minimum atomic E-state index is -0.528. The number of hydrogen-bond acceptors (Lipinski definition) is 5. The van der Waals surface area contributed by atoms with Crippen molar-refractivity contribution in [3.63, 3.8) is 0 Å². The highest BCUT2D eigenvalue weighted by Crippen LogP contribution is 2.24. The van der Waals surface area contributed by atoms with Gasteiger partial charge in [0.25, 0.3) is 5.91 Å². The van der Waals surface area contributed by atoms with Gasteiger partial charge in [0.1, 0.15) is 24.0 Å². The molecule has 0 spiro atoms. The fraction of sp³-hybridized carbons (Fsp3) is 0.0870. The van der Waals surface area contributed by atoms with E-state index in [1.54, 1.807) is 24.4 Å². The van der Waals surface area contributed by atoms with Crippen LogP contribution >= 0.6 is 22.9 Å².